The summed E-state index contributed by atoms with van der Waals surface area (Å²) in [6.07, 6.45) is 1.02. The van der Waals surface area contributed by atoms with Crippen LogP contribution in [0.4, 0.5) is 4.39 Å². The summed E-state index contributed by atoms with van der Waals surface area (Å²) < 4.78 is 18.7. The minimum atomic E-state index is -0.470. The Morgan fingerprint density at radius 3 is 2.82 bits per heavy atom. The van der Waals surface area contributed by atoms with Crippen LogP contribution in [0, 0.1) is 11.2 Å². The highest BCUT2D eigenvalue weighted by Crippen LogP contribution is 2.42. The zero-order valence-electron chi connectivity index (χ0n) is 9.80. The molecule has 2 unspecified atom stereocenters. The van der Waals surface area contributed by atoms with E-state index >= 15 is 0 Å². The third kappa shape index (κ3) is 2.04. The highest BCUT2D eigenvalue weighted by molar-refractivity contribution is 6.30. The lowest BCUT2D eigenvalue weighted by Gasteiger charge is -2.44. The monoisotopic (exact) mass is 256 g/mol. The summed E-state index contributed by atoms with van der Waals surface area (Å²) in [4.78, 5) is 11.5. The SMILES string of the molecule is CCC1(C)C(=O)CC1Oc1ccc(F)c(Cl)c1. The van der Waals surface area contributed by atoms with Gasteiger partial charge in [0.2, 0.25) is 0 Å². The standard InChI is InChI=1S/C13H14ClFO2/c1-3-13(2)11(16)7-12(13)17-8-4-5-10(15)9(14)6-8/h4-6,12H,3,7H2,1-2H3. The summed E-state index contributed by atoms with van der Waals surface area (Å²) in [5.74, 6) is 0.258. The van der Waals surface area contributed by atoms with Crippen molar-refractivity contribution in [3.63, 3.8) is 0 Å². The van der Waals surface area contributed by atoms with Crippen LogP contribution in [0.5, 0.6) is 5.75 Å². The summed E-state index contributed by atoms with van der Waals surface area (Å²) in [7, 11) is 0. The van der Waals surface area contributed by atoms with Crippen LogP contribution < -0.4 is 4.74 Å². The fraction of sp³-hybridized carbons (Fsp3) is 0.462. The zero-order chi connectivity index (χ0) is 12.6. The lowest BCUT2D eigenvalue weighted by Crippen LogP contribution is -2.54. The van der Waals surface area contributed by atoms with Gasteiger partial charge in [0.05, 0.1) is 10.4 Å². The molecule has 0 bridgehead atoms. The maximum Gasteiger partial charge on any atom is 0.146 e. The lowest BCUT2D eigenvalue weighted by atomic mass is 9.64. The normalized spacial score (nSPS) is 27.8. The van der Waals surface area contributed by atoms with E-state index in [1.54, 1.807) is 0 Å². The molecule has 1 aliphatic carbocycles. The van der Waals surface area contributed by atoms with Crippen LogP contribution in [0.1, 0.15) is 26.7 Å². The molecular weight excluding hydrogens is 243 g/mol. The van der Waals surface area contributed by atoms with Gasteiger partial charge in [-0.1, -0.05) is 18.5 Å². The number of benzene rings is 1. The van der Waals surface area contributed by atoms with E-state index in [1.807, 2.05) is 13.8 Å². The van der Waals surface area contributed by atoms with Gasteiger partial charge in [0, 0.05) is 12.5 Å². The van der Waals surface area contributed by atoms with Crippen molar-refractivity contribution >= 4 is 17.4 Å². The van der Waals surface area contributed by atoms with Crippen LogP contribution in [0.2, 0.25) is 5.02 Å². The third-order valence-electron chi connectivity index (χ3n) is 3.62. The van der Waals surface area contributed by atoms with Crippen molar-refractivity contribution in [2.24, 2.45) is 5.41 Å². The molecule has 0 spiro atoms. The summed E-state index contributed by atoms with van der Waals surface area (Å²) >= 11 is 5.67. The first-order valence-electron chi connectivity index (χ1n) is 5.62. The highest BCUT2D eigenvalue weighted by atomic mass is 35.5. The number of carbonyl (C=O) groups excluding carboxylic acids is 1. The predicted octanol–water partition coefficient (Wildman–Crippen LogP) is 3.62. The van der Waals surface area contributed by atoms with Crippen molar-refractivity contribution in [1.82, 2.24) is 0 Å². The Morgan fingerprint density at radius 1 is 1.59 bits per heavy atom. The van der Waals surface area contributed by atoms with Crippen molar-refractivity contribution in [3.8, 4) is 5.75 Å². The van der Waals surface area contributed by atoms with E-state index in [0.29, 0.717) is 12.2 Å². The van der Waals surface area contributed by atoms with E-state index in [-0.39, 0.29) is 16.9 Å². The minimum absolute atomic E-state index is 0.0337. The second kappa shape index (κ2) is 4.30. The van der Waals surface area contributed by atoms with Gasteiger partial charge < -0.3 is 4.74 Å². The molecule has 2 rings (SSSR count). The molecule has 0 saturated heterocycles. The number of halogens is 2. The van der Waals surface area contributed by atoms with Gasteiger partial charge in [0.1, 0.15) is 23.5 Å². The van der Waals surface area contributed by atoms with Gasteiger partial charge in [-0.25, -0.2) is 4.39 Å². The molecular formula is C13H14ClFO2. The van der Waals surface area contributed by atoms with Gasteiger partial charge in [-0.15, -0.1) is 0 Å². The Bertz CT molecular complexity index is 461. The predicted molar refractivity (Wildman–Crippen MR) is 63.8 cm³/mol. The Balaban J connectivity index is 2.12. The number of ketones is 1. The van der Waals surface area contributed by atoms with Gasteiger partial charge >= 0.3 is 0 Å². The first-order valence-corrected chi connectivity index (χ1v) is 6.00. The van der Waals surface area contributed by atoms with Gasteiger partial charge in [-0.3, -0.25) is 4.79 Å². The molecule has 1 aromatic carbocycles. The number of hydrogen-bond acceptors (Lipinski definition) is 2. The molecule has 0 amide bonds. The first-order chi connectivity index (χ1) is 7.97. The summed E-state index contributed by atoms with van der Waals surface area (Å²) in [6, 6.07) is 4.23. The Morgan fingerprint density at radius 2 is 2.29 bits per heavy atom. The molecule has 0 aromatic heterocycles. The van der Waals surface area contributed by atoms with Gasteiger partial charge in [0.15, 0.2) is 0 Å². The fourth-order valence-corrected chi connectivity index (χ4v) is 2.16. The van der Waals surface area contributed by atoms with Crippen LogP contribution in [-0.4, -0.2) is 11.9 Å². The fourth-order valence-electron chi connectivity index (χ4n) is 1.99. The molecule has 17 heavy (non-hydrogen) atoms. The molecule has 1 saturated carbocycles. The van der Waals surface area contributed by atoms with E-state index in [2.05, 4.69) is 0 Å². The number of carbonyl (C=O) groups is 1. The highest BCUT2D eigenvalue weighted by Gasteiger charge is 2.51. The summed E-state index contributed by atoms with van der Waals surface area (Å²) in [6.45, 7) is 3.86. The van der Waals surface area contributed by atoms with E-state index in [0.717, 1.165) is 6.42 Å². The average Bonchev–Trinajstić information content (AvgIpc) is 2.32. The zero-order valence-corrected chi connectivity index (χ0v) is 10.6. The second-order valence-corrected chi connectivity index (χ2v) is 4.99. The molecule has 0 aliphatic heterocycles. The molecule has 0 heterocycles. The number of hydrogen-bond donors (Lipinski definition) is 0. The second-order valence-electron chi connectivity index (χ2n) is 4.58. The molecule has 2 atom stereocenters. The van der Waals surface area contributed by atoms with Gasteiger partial charge in [-0.2, -0.15) is 0 Å². The van der Waals surface area contributed by atoms with Crippen molar-refractivity contribution < 1.29 is 13.9 Å². The van der Waals surface area contributed by atoms with Crippen molar-refractivity contribution in [2.45, 2.75) is 32.8 Å². The summed E-state index contributed by atoms with van der Waals surface area (Å²) in [5, 5.41) is 0.0337. The molecule has 1 fully saturated rings. The Hall–Kier alpha value is -1.09. The molecule has 0 radical (unpaired) electrons. The van der Waals surface area contributed by atoms with Crippen molar-refractivity contribution in [3.05, 3.63) is 29.0 Å². The topological polar surface area (TPSA) is 26.3 Å². The first kappa shape index (κ1) is 12.4. The summed E-state index contributed by atoms with van der Waals surface area (Å²) in [5.41, 5.74) is -0.416. The average molecular weight is 257 g/mol. The van der Waals surface area contributed by atoms with Crippen LogP contribution >= 0.6 is 11.6 Å². The smallest absolute Gasteiger partial charge is 0.146 e. The molecule has 1 aliphatic rings. The van der Waals surface area contributed by atoms with E-state index in [1.165, 1.54) is 18.2 Å². The van der Waals surface area contributed by atoms with Gasteiger partial charge in [0.25, 0.3) is 0 Å². The number of ether oxygens (including phenoxy) is 1. The molecule has 0 N–H and O–H groups in total. The van der Waals surface area contributed by atoms with Crippen LogP contribution in [0.25, 0.3) is 0 Å². The van der Waals surface area contributed by atoms with Crippen LogP contribution in [0.15, 0.2) is 18.2 Å². The number of rotatable bonds is 3. The van der Waals surface area contributed by atoms with Crippen molar-refractivity contribution in [1.29, 1.82) is 0 Å². The maximum absolute atomic E-state index is 13.0. The Labute approximate surface area is 105 Å². The van der Waals surface area contributed by atoms with E-state index < -0.39 is 11.2 Å². The van der Waals surface area contributed by atoms with Gasteiger partial charge in [-0.05, 0) is 25.5 Å². The third-order valence-corrected chi connectivity index (χ3v) is 3.91. The molecule has 4 heteroatoms. The largest absolute Gasteiger partial charge is 0.489 e. The molecule has 92 valence electrons. The van der Waals surface area contributed by atoms with Crippen LogP contribution in [0.3, 0.4) is 0 Å². The van der Waals surface area contributed by atoms with E-state index in [4.69, 9.17) is 16.3 Å². The lowest BCUT2D eigenvalue weighted by molar-refractivity contribution is -0.150. The van der Waals surface area contributed by atoms with E-state index in [9.17, 15) is 9.18 Å². The molecule has 2 nitrogen and oxygen atoms in total. The minimum Gasteiger partial charge on any atom is -0.489 e. The van der Waals surface area contributed by atoms with Crippen molar-refractivity contribution in [2.75, 3.05) is 0 Å². The maximum atomic E-state index is 13.0. The van der Waals surface area contributed by atoms with Crippen LogP contribution in [-0.2, 0) is 4.79 Å². The molecule has 1 aromatic rings. The quantitative estimate of drug-likeness (QED) is 0.826. The number of Topliss-reactive ketones (excluding diaryl/α,β-unsaturated/α-hetero) is 1. The Kier molecular flexibility index (Phi) is 3.13.